The molecule has 0 aliphatic rings. The van der Waals surface area contributed by atoms with Gasteiger partial charge in [-0.2, -0.15) is 0 Å². The predicted molar refractivity (Wildman–Crippen MR) is 164 cm³/mol. The van der Waals surface area contributed by atoms with Crippen LogP contribution in [0.4, 0.5) is 11.4 Å². The average molecular weight is 499 g/mol. The van der Waals surface area contributed by atoms with Gasteiger partial charge in [0.2, 0.25) is 0 Å². The fourth-order valence-electron chi connectivity index (χ4n) is 6.33. The molecule has 0 saturated heterocycles. The van der Waals surface area contributed by atoms with Crippen molar-refractivity contribution in [3.8, 4) is 11.1 Å². The Hall–Kier alpha value is -5.28. The molecule has 0 fully saturated rings. The van der Waals surface area contributed by atoms with Crippen molar-refractivity contribution in [2.75, 3.05) is 5.32 Å². The Morgan fingerprint density at radius 1 is 0.436 bits per heavy atom. The number of nitrogens with one attached hydrogen (secondary N) is 1. The van der Waals surface area contributed by atoms with Gasteiger partial charge in [-0.15, -0.1) is 0 Å². The van der Waals surface area contributed by atoms with Crippen molar-refractivity contribution >= 4 is 71.4 Å². The molecule has 3 nitrogen and oxygen atoms in total. The fourth-order valence-corrected chi connectivity index (χ4v) is 6.33. The van der Waals surface area contributed by atoms with Gasteiger partial charge in [0, 0.05) is 43.7 Å². The number of benzene rings is 6. The van der Waals surface area contributed by atoms with E-state index in [4.69, 9.17) is 4.42 Å². The first-order valence-corrected chi connectivity index (χ1v) is 13.3. The van der Waals surface area contributed by atoms with Crippen molar-refractivity contribution in [2.45, 2.75) is 0 Å². The fraction of sp³-hybridized carbons (Fsp3) is 0. The van der Waals surface area contributed by atoms with E-state index in [9.17, 15) is 0 Å². The number of nitrogens with zero attached hydrogens (tertiary/aromatic N) is 1. The Labute approximate surface area is 223 Å². The van der Waals surface area contributed by atoms with Crippen molar-refractivity contribution in [3.63, 3.8) is 0 Å². The Kier molecular flexibility index (Phi) is 4.05. The molecule has 0 saturated carbocycles. The number of rotatable bonds is 3. The van der Waals surface area contributed by atoms with Crippen LogP contribution in [0.5, 0.6) is 0 Å². The van der Waals surface area contributed by atoms with Gasteiger partial charge in [-0.3, -0.25) is 0 Å². The standard InChI is InChI=1S/C36H22N2O/c1-3-10-32-26(6-1)29-8-5-9-30-31-21-25(17-19-33(31)38(32)36(29)30)37-24-15-12-22(13-16-24)23-14-18-28-27-7-2-4-11-34(27)39-35(28)20-23/h1-21,37H. The van der Waals surface area contributed by atoms with Crippen LogP contribution in [0, 0.1) is 0 Å². The Morgan fingerprint density at radius 3 is 2.00 bits per heavy atom. The van der Waals surface area contributed by atoms with E-state index in [2.05, 4.69) is 125 Å². The molecule has 1 N–H and O–H groups in total. The largest absolute Gasteiger partial charge is 0.456 e. The van der Waals surface area contributed by atoms with Gasteiger partial charge in [-0.05, 0) is 65.7 Å². The summed E-state index contributed by atoms with van der Waals surface area (Å²) in [5.74, 6) is 0. The van der Waals surface area contributed by atoms with Gasteiger partial charge in [0.1, 0.15) is 11.2 Å². The molecule has 3 aromatic heterocycles. The van der Waals surface area contributed by atoms with Gasteiger partial charge >= 0.3 is 0 Å². The van der Waals surface area contributed by atoms with E-state index in [-0.39, 0.29) is 0 Å². The van der Waals surface area contributed by atoms with Crippen LogP contribution < -0.4 is 5.32 Å². The van der Waals surface area contributed by atoms with Crippen LogP contribution in [0.15, 0.2) is 132 Å². The first-order chi connectivity index (χ1) is 19.3. The molecule has 0 radical (unpaired) electrons. The lowest BCUT2D eigenvalue weighted by molar-refractivity contribution is 0.669. The zero-order chi connectivity index (χ0) is 25.5. The molecule has 0 aliphatic heterocycles. The number of anilines is 2. The molecule has 0 bridgehead atoms. The molecule has 6 aromatic carbocycles. The van der Waals surface area contributed by atoms with Crippen molar-refractivity contribution in [1.29, 1.82) is 0 Å². The average Bonchev–Trinajstić information content (AvgIpc) is 3.64. The van der Waals surface area contributed by atoms with E-state index >= 15 is 0 Å². The highest BCUT2D eigenvalue weighted by Gasteiger charge is 2.17. The molecule has 0 aliphatic carbocycles. The maximum absolute atomic E-state index is 6.10. The second kappa shape index (κ2) is 7.62. The van der Waals surface area contributed by atoms with Crippen LogP contribution in [-0.2, 0) is 0 Å². The summed E-state index contributed by atoms with van der Waals surface area (Å²) in [4.78, 5) is 0. The third kappa shape index (κ3) is 2.93. The zero-order valence-electron chi connectivity index (χ0n) is 21.0. The van der Waals surface area contributed by atoms with Gasteiger partial charge < -0.3 is 14.1 Å². The van der Waals surface area contributed by atoms with Crippen LogP contribution in [0.25, 0.3) is 71.2 Å². The summed E-state index contributed by atoms with van der Waals surface area (Å²) in [6.45, 7) is 0. The van der Waals surface area contributed by atoms with E-state index in [0.717, 1.165) is 44.4 Å². The smallest absolute Gasteiger partial charge is 0.136 e. The van der Waals surface area contributed by atoms with E-state index in [1.165, 1.54) is 38.1 Å². The van der Waals surface area contributed by atoms with E-state index in [1.54, 1.807) is 0 Å². The van der Waals surface area contributed by atoms with E-state index in [0.29, 0.717) is 0 Å². The van der Waals surface area contributed by atoms with Gasteiger partial charge in [-0.25, -0.2) is 0 Å². The number of furan rings is 1. The number of hydrogen-bond donors (Lipinski definition) is 1. The van der Waals surface area contributed by atoms with E-state index < -0.39 is 0 Å². The maximum atomic E-state index is 6.10. The number of fused-ring (bicyclic) bond motifs is 9. The SMILES string of the molecule is c1ccc2c(c1)oc1cc(-c3ccc(Nc4ccc5c(c4)c4cccc6c7ccccc7n5c64)cc3)ccc12. The maximum Gasteiger partial charge on any atom is 0.136 e. The lowest BCUT2D eigenvalue weighted by Crippen LogP contribution is -1.90. The minimum absolute atomic E-state index is 0.919. The van der Waals surface area contributed by atoms with Crippen molar-refractivity contribution in [2.24, 2.45) is 0 Å². The minimum Gasteiger partial charge on any atom is -0.456 e. The van der Waals surface area contributed by atoms with Gasteiger partial charge in [0.15, 0.2) is 0 Å². The van der Waals surface area contributed by atoms with Crippen molar-refractivity contribution < 1.29 is 4.42 Å². The minimum atomic E-state index is 0.919. The summed E-state index contributed by atoms with van der Waals surface area (Å²) in [5, 5.41) is 11.1. The van der Waals surface area contributed by atoms with Crippen molar-refractivity contribution in [3.05, 3.63) is 127 Å². The summed E-state index contributed by atoms with van der Waals surface area (Å²) in [6, 6.07) is 45.3. The van der Waals surface area contributed by atoms with Crippen molar-refractivity contribution in [1.82, 2.24) is 4.40 Å². The monoisotopic (exact) mass is 498 g/mol. The summed E-state index contributed by atoms with van der Waals surface area (Å²) in [7, 11) is 0. The lowest BCUT2D eigenvalue weighted by atomic mass is 10.0. The summed E-state index contributed by atoms with van der Waals surface area (Å²) < 4.78 is 8.51. The molecule has 3 heterocycles. The van der Waals surface area contributed by atoms with E-state index in [1.807, 2.05) is 12.1 Å². The Morgan fingerprint density at radius 2 is 1.10 bits per heavy atom. The van der Waals surface area contributed by atoms with Gasteiger partial charge in [-0.1, -0.05) is 72.8 Å². The number of aromatic nitrogens is 1. The molecule has 0 spiro atoms. The van der Waals surface area contributed by atoms with Crippen LogP contribution in [0.3, 0.4) is 0 Å². The van der Waals surface area contributed by atoms with Crippen LogP contribution in [0.1, 0.15) is 0 Å². The molecular weight excluding hydrogens is 476 g/mol. The highest BCUT2D eigenvalue weighted by atomic mass is 16.3. The zero-order valence-corrected chi connectivity index (χ0v) is 21.0. The molecule has 0 unspecified atom stereocenters. The lowest BCUT2D eigenvalue weighted by Gasteiger charge is -2.09. The highest BCUT2D eigenvalue weighted by Crippen LogP contribution is 2.40. The molecular formula is C36H22N2O. The Bertz CT molecular complexity index is 2360. The molecule has 3 heteroatoms. The van der Waals surface area contributed by atoms with Crippen LogP contribution in [0.2, 0.25) is 0 Å². The summed E-state index contributed by atoms with van der Waals surface area (Å²) >= 11 is 0. The third-order valence-electron chi connectivity index (χ3n) is 8.11. The number of hydrogen-bond acceptors (Lipinski definition) is 2. The summed E-state index contributed by atoms with van der Waals surface area (Å²) in [5.41, 5.74) is 10.1. The second-order valence-electron chi connectivity index (χ2n) is 10.3. The second-order valence-corrected chi connectivity index (χ2v) is 10.3. The summed E-state index contributed by atoms with van der Waals surface area (Å²) in [6.07, 6.45) is 0. The van der Waals surface area contributed by atoms with Crippen LogP contribution >= 0.6 is 0 Å². The molecule has 0 amide bonds. The topological polar surface area (TPSA) is 29.6 Å². The highest BCUT2D eigenvalue weighted by molar-refractivity contribution is 6.23. The molecule has 39 heavy (non-hydrogen) atoms. The van der Waals surface area contributed by atoms with Gasteiger partial charge in [0.05, 0.1) is 16.6 Å². The number of para-hydroxylation sites is 3. The quantitative estimate of drug-likeness (QED) is 0.263. The first kappa shape index (κ1) is 20.7. The predicted octanol–water partition coefficient (Wildman–Crippen LogP) is 10.1. The Balaban J connectivity index is 1.08. The molecule has 9 rings (SSSR count). The molecule has 0 atom stereocenters. The third-order valence-corrected chi connectivity index (χ3v) is 8.11. The molecule has 9 aromatic rings. The van der Waals surface area contributed by atoms with Gasteiger partial charge in [0.25, 0.3) is 0 Å². The first-order valence-electron chi connectivity index (χ1n) is 13.3. The molecule has 182 valence electrons. The van der Waals surface area contributed by atoms with Crippen LogP contribution in [-0.4, -0.2) is 4.40 Å². The normalized spacial score (nSPS) is 12.1.